The largest absolute Gasteiger partial charge is 0.425 e. The average molecular weight is 198 g/mol. The summed E-state index contributed by atoms with van der Waals surface area (Å²) >= 11 is 0. The summed E-state index contributed by atoms with van der Waals surface area (Å²) in [5.41, 5.74) is 0. The van der Waals surface area contributed by atoms with Crippen LogP contribution in [0.5, 0.6) is 0 Å². The second kappa shape index (κ2) is 6.88. The second-order valence-corrected chi connectivity index (χ2v) is 2.55. The van der Waals surface area contributed by atoms with Gasteiger partial charge < -0.3 is 9.47 Å². The third kappa shape index (κ3) is 7.09. The van der Waals surface area contributed by atoms with Crippen molar-refractivity contribution in [3.63, 3.8) is 0 Å². The van der Waals surface area contributed by atoms with Crippen molar-refractivity contribution in [3.05, 3.63) is 24.8 Å². The molecule has 0 rings (SSSR count). The molecular weight excluding hydrogens is 184 g/mol. The number of ether oxygens (including phenoxy) is 2. The maximum Gasteiger partial charge on any atom is 0.305 e. The molecule has 78 valence electrons. The van der Waals surface area contributed by atoms with E-state index < -0.39 is 18.2 Å². The third-order valence-electron chi connectivity index (χ3n) is 1.20. The average Bonchev–Trinajstić information content (AvgIpc) is 2.02. The molecule has 0 bridgehead atoms. The smallest absolute Gasteiger partial charge is 0.305 e. The number of hydrogen-bond donors (Lipinski definition) is 0. The molecule has 0 fully saturated rings. The normalized spacial score (nSPS) is 10.2. The van der Waals surface area contributed by atoms with Crippen molar-refractivity contribution in [2.75, 3.05) is 0 Å². The van der Waals surface area contributed by atoms with Crippen LogP contribution < -0.4 is 0 Å². The fourth-order valence-electron chi connectivity index (χ4n) is 0.776. The number of carbonyl (C=O) groups is 2. The highest BCUT2D eigenvalue weighted by Crippen LogP contribution is 2.03. The Hall–Kier alpha value is -1.58. The van der Waals surface area contributed by atoms with Crippen molar-refractivity contribution in [2.24, 2.45) is 0 Å². The van der Waals surface area contributed by atoms with E-state index in [9.17, 15) is 9.59 Å². The first-order chi connectivity index (χ1) is 6.56. The van der Waals surface area contributed by atoms with E-state index in [0.29, 0.717) is 6.42 Å². The second-order valence-electron chi connectivity index (χ2n) is 2.55. The van der Waals surface area contributed by atoms with Gasteiger partial charge in [-0.1, -0.05) is 24.8 Å². The first-order valence-electron chi connectivity index (χ1n) is 4.18. The van der Waals surface area contributed by atoms with Gasteiger partial charge in [-0.2, -0.15) is 0 Å². The van der Waals surface area contributed by atoms with Crippen LogP contribution in [0.4, 0.5) is 0 Å². The summed E-state index contributed by atoms with van der Waals surface area (Å²) in [7, 11) is 0. The molecule has 0 aromatic carbocycles. The Morgan fingerprint density at radius 2 is 1.79 bits per heavy atom. The summed E-state index contributed by atoms with van der Waals surface area (Å²) in [6.45, 7) is 5.99. The van der Waals surface area contributed by atoms with Crippen LogP contribution in [-0.4, -0.2) is 18.2 Å². The number of hydrogen-bond acceptors (Lipinski definition) is 4. The molecular formula is C10H14O4. The molecule has 14 heavy (non-hydrogen) atoms. The maximum atomic E-state index is 10.6. The molecule has 0 atom stereocenters. The predicted molar refractivity (Wildman–Crippen MR) is 51.3 cm³/mol. The van der Waals surface area contributed by atoms with E-state index in [0.717, 1.165) is 0 Å². The number of rotatable bonds is 5. The Morgan fingerprint density at radius 1 is 1.29 bits per heavy atom. The summed E-state index contributed by atoms with van der Waals surface area (Å²) in [6, 6.07) is 0. The van der Waals surface area contributed by atoms with Gasteiger partial charge in [0.1, 0.15) is 0 Å². The minimum absolute atomic E-state index is 0.325. The van der Waals surface area contributed by atoms with E-state index in [-0.39, 0.29) is 0 Å². The van der Waals surface area contributed by atoms with Crippen LogP contribution in [0.15, 0.2) is 24.8 Å². The summed E-state index contributed by atoms with van der Waals surface area (Å²) in [6.07, 6.45) is 4.44. The van der Waals surface area contributed by atoms with Crippen LogP contribution in [0.2, 0.25) is 0 Å². The summed E-state index contributed by atoms with van der Waals surface area (Å²) in [5, 5.41) is 0. The maximum absolute atomic E-state index is 10.6. The number of carbonyl (C=O) groups excluding carboxylic acids is 2. The van der Waals surface area contributed by atoms with Crippen LogP contribution in [0.25, 0.3) is 0 Å². The lowest BCUT2D eigenvalue weighted by molar-refractivity contribution is -0.183. The molecule has 0 aliphatic carbocycles. The van der Waals surface area contributed by atoms with Gasteiger partial charge in [-0.15, -0.1) is 0 Å². The molecule has 0 heterocycles. The molecule has 0 aliphatic heterocycles. The molecule has 0 unspecified atom stereocenters. The summed E-state index contributed by atoms with van der Waals surface area (Å²) in [5.74, 6) is -0.966. The highest BCUT2D eigenvalue weighted by Gasteiger charge is 2.12. The minimum Gasteiger partial charge on any atom is -0.425 e. The van der Waals surface area contributed by atoms with Crippen molar-refractivity contribution < 1.29 is 19.1 Å². The molecule has 0 saturated heterocycles. The fraction of sp³-hybridized carbons (Fsp3) is 0.400. The first kappa shape index (κ1) is 12.4. The van der Waals surface area contributed by atoms with E-state index in [1.54, 1.807) is 18.2 Å². The quantitative estimate of drug-likeness (QED) is 0.382. The van der Waals surface area contributed by atoms with Crippen LogP contribution in [0.1, 0.15) is 20.3 Å². The van der Waals surface area contributed by atoms with Gasteiger partial charge in [0, 0.05) is 20.3 Å². The van der Waals surface area contributed by atoms with E-state index in [1.807, 2.05) is 0 Å². The lowest BCUT2D eigenvalue weighted by atomic mass is 10.3. The van der Waals surface area contributed by atoms with Gasteiger partial charge >= 0.3 is 11.9 Å². The molecule has 0 aromatic rings. The van der Waals surface area contributed by atoms with E-state index >= 15 is 0 Å². The highest BCUT2D eigenvalue weighted by molar-refractivity contribution is 5.68. The van der Waals surface area contributed by atoms with E-state index in [2.05, 4.69) is 6.58 Å². The van der Waals surface area contributed by atoms with Gasteiger partial charge in [0.15, 0.2) is 0 Å². The molecule has 0 spiro atoms. The molecule has 0 aromatic heterocycles. The SMILES string of the molecule is C=C/C=C\CC(OC(C)=O)OC(C)=O. The van der Waals surface area contributed by atoms with Crippen LogP contribution in [0, 0.1) is 0 Å². The Morgan fingerprint density at radius 3 is 2.14 bits per heavy atom. The fourth-order valence-corrected chi connectivity index (χ4v) is 0.776. The topological polar surface area (TPSA) is 52.6 Å². The van der Waals surface area contributed by atoms with E-state index in [4.69, 9.17) is 9.47 Å². The van der Waals surface area contributed by atoms with Gasteiger partial charge in [0.25, 0.3) is 6.29 Å². The van der Waals surface area contributed by atoms with Crippen LogP contribution in [0.3, 0.4) is 0 Å². The molecule has 4 heteroatoms. The zero-order chi connectivity index (χ0) is 11.0. The predicted octanol–water partition coefficient (Wildman–Crippen LogP) is 1.57. The van der Waals surface area contributed by atoms with E-state index in [1.165, 1.54) is 13.8 Å². The Labute approximate surface area is 83.2 Å². The van der Waals surface area contributed by atoms with Crippen molar-refractivity contribution in [2.45, 2.75) is 26.6 Å². The van der Waals surface area contributed by atoms with Gasteiger partial charge in [-0.25, -0.2) is 0 Å². The van der Waals surface area contributed by atoms with Crippen LogP contribution >= 0.6 is 0 Å². The molecule has 0 amide bonds. The van der Waals surface area contributed by atoms with Gasteiger partial charge in [-0.3, -0.25) is 9.59 Å². The zero-order valence-electron chi connectivity index (χ0n) is 8.36. The van der Waals surface area contributed by atoms with Crippen molar-refractivity contribution in [1.82, 2.24) is 0 Å². The Balaban J connectivity index is 4.09. The number of allylic oxidation sites excluding steroid dienone is 2. The van der Waals surface area contributed by atoms with Crippen LogP contribution in [-0.2, 0) is 19.1 Å². The Kier molecular flexibility index (Phi) is 6.11. The van der Waals surface area contributed by atoms with Gasteiger partial charge in [-0.05, 0) is 0 Å². The Bertz CT molecular complexity index is 227. The van der Waals surface area contributed by atoms with Crippen molar-refractivity contribution in [1.29, 1.82) is 0 Å². The zero-order valence-corrected chi connectivity index (χ0v) is 8.36. The molecule has 0 aliphatic rings. The van der Waals surface area contributed by atoms with Crippen molar-refractivity contribution >= 4 is 11.9 Å². The minimum atomic E-state index is -0.846. The monoisotopic (exact) mass is 198 g/mol. The standard InChI is InChI=1S/C10H14O4/c1-4-5-6-7-10(13-8(2)11)14-9(3)12/h4-6,10H,1,7H2,2-3H3/b6-5-. The number of esters is 2. The first-order valence-corrected chi connectivity index (χ1v) is 4.18. The lowest BCUT2D eigenvalue weighted by Crippen LogP contribution is -2.21. The van der Waals surface area contributed by atoms with Gasteiger partial charge in [0.05, 0.1) is 0 Å². The molecule has 4 nitrogen and oxygen atoms in total. The third-order valence-corrected chi connectivity index (χ3v) is 1.20. The molecule has 0 radical (unpaired) electrons. The lowest BCUT2D eigenvalue weighted by Gasteiger charge is -2.14. The van der Waals surface area contributed by atoms with Gasteiger partial charge in [0.2, 0.25) is 0 Å². The summed E-state index contributed by atoms with van der Waals surface area (Å²) < 4.78 is 9.48. The molecule has 0 N–H and O–H groups in total. The molecule has 0 saturated carbocycles. The summed E-state index contributed by atoms with van der Waals surface area (Å²) in [4.78, 5) is 21.2. The van der Waals surface area contributed by atoms with Crippen molar-refractivity contribution in [3.8, 4) is 0 Å². The highest BCUT2D eigenvalue weighted by atomic mass is 16.7.